The molecule has 1 fully saturated rings. The molecule has 1 aromatic carbocycles. The average molecular weight is 353 g/mol. The SMILES string of the molecule is CC(C)c1cc(C(C)C)c(S(=O)(=O)N2CC2C(N)=O)c(C(C)C)c1. The fourth-order valence-electron chi connectivity index (χ4n) is 2.93. The van der Waals surface area contributed by atoms with E-state index in [-0.39, 0.29) is 18.4 Å². The van der Waals surface area contributed by atoms with Crippen molar-refractivity contribution in [3.8, 4) is 0 Å². The fourth-order valence-corrected chi connectivity index (χ4v) is 5.12. The zero-order valence-corrected chi connectivity index (χ0v) is 16.1. The summed E-state index contributed by atoms with van der Waals surface area (Å²) in [5.41, 5.74) is 8.05. The lowest BCUT2D eigenvalue weighted by molar-refractivity contribution is -0.117. The molecular weight excluding hydrogens is 324 g/mol. The first kappa shape index (κ1) is 18.9. The minimum absolute atomic E-state index is 0.0675. The van der Waals surface area contributed by atoms with E-state index in [0.29, 0.717) is 10.8 Å². The fraction of sp³-hybridized carbons (Fsp3) is 0.611. The maximum absolute atomic E-state index is 13.2. The third kappa shape index (κ3) is 3.35. The number of hydrogen-bond acceptors (Lipinski definition) is 3. The monoisotopic (exact) mass is 352 g/mol. The van der Waals surface area contributed by atoms with Crippen molar-refractivity contribution in [1.82, 2.24) is 4.31 Å². The van der Waals surface area contributed by atoms with Gasteiger partial charge in [-0.25, -0.2) is 8.42 Å². The van der Waals surface area contributed by atoms with Crippen LogP contribution < -0.4 is 5.73 Å². The highest BCUT2D eigenvalue weighted by molar-refractivity contribution is 7.89. The van der Waals surface area contributed by atoms with E-state index in [1.807, 2.05) is 39.8 Å². The summed E-state index contributed by atoms with van der Waals surface area (Å²) in [6.45, 7) is 12.4. The van der Waals surface area contributed by atoms with Gasteiger partial charge in [0.05, 0.1) is 4.90 Å². The Balaban J connectivity index is 2.70. The van der Waals surface area contributed by atoms with Crippen LogP contribution in [0.1, 0.15) is 76.0 Å². The zero-order chi connectivity index (χ0) is 18.4. The molecule has 1 aliphatic rings. The van der Waals surface area contributed by atoms with Crippen molar-refractivity contribution in [3.05, 3.63) is 28.8 Å². The summed E-state index contributed by atoms with van der Waals surface area (Å²) >= 11 is 0. The van der Waals surface area contributed by atoms with Gasteiger partial charge in [-0.3, -0.25) is 4.79 Å². The second-order valence-electron chi connectivity index (χ2n) is 7.49. The van der Waals surface area contributed by atoms with Gasteiger partial charge in [0.2, 0.25) is 15.9 Å². The van der Waals surface area contributed by atoms with Gasteiger partial charge in [0.25, 0.3) is 0 Å². The molecule has 6 heteroatoms. The smallest absolute Gasteiger partial charge is 0.244 e. The Morgan fingerprint density at radius 1 is 1.04 bits per heavy atom. The first-order chi connectivity index (χ1) is 11.0. The molecule has 2 rings (SSSR count). The van der Waals surface area contributed by atoms with Crippen LogP contribution in [0.15, 0.2) is 17.0 Å². The van der Waals surface area contributed by atoms with Gasteiger partial charge in [-0.15, -0.1) is 0 Å². The molecule has 1 aliphatic heterocycles. The van der Waals surface area contributed by atoms with Gasteiger partial charge in [-0.1, -0.05) is 53.7 Å². The van der Waals surface area contributed by atoms with E-state index in [2.05, 4.69) is 13.8 Å². The van der Waals surface area contributed by atoms with Crippen molar-refractivity contribution in [2.24, 2.45) is 5.73 Å². The summed E-state index contributed by atoms with van der Waals surface area (Å²) < 4.78 is 27.5. The Morgan fingerprint density at radius 3 is 1.79 bits per heavy atom. The summed E-state index contributed by atoms with van der Waals surface area (Å²) in [5, 5.41) is 0. The largest absolute Gasteiger partial charge is 0.368 e. The van der Waals surface area contributed by atoms with Crippen molar-refractivity contribution in [2.75, 3.05) is 6.54 Å². The van der Waals surface area contributed by atoms with Crippen molar-refractivity contribution < 1.29 is 13.2 Å². The lowest BCUT2D eigenvalue weighted by Crippen LogP contribution is -2.26. The molecule has 0 spiro atoms. The van der Waals surface area contributed by atoms with Gasteiger partial charge >= 0.3 is 0 Å². The standard InChI is InChI=1S/C18H28N2O3S/c1-10(2)13-7-14(11(3)4)17(15(8-13)12(5)6)24(22,23)20-9-16(20)18(19)21/h7-8,10-12,16H,9H2,1-6H3,(H2,19,21). The van der Waals surface area contributed by atoms with Crippen LogP contribution in [0.4, 0.5) is 0 Å². The number of primary amides is 1. The molecule has 0 aromatic heterocycles. The van der Waals surface area contributed by atoms with Gasteiger partial charge in [0, 0.05) is 6.54 Å². The highest BCUT2D eigenvalue weighted by atomic mass is 32.2. The Kier molecular flexibility index (Phi) is 5.11. The molecule has 0 aliphatic carbocycles. The van der Waals surface area contributed by atoms with Gasteiger partial charge < -0.3 is 5.73 Å². The summed E-state index contributed by atoms with van der Waals surface area (Å²) in [7, 11) is -3.72. The molecule has 0 radical (unpaired) electrons. The molecule has 0 bridgehead atoms. The molecule has 24 heavy (non-hydrogen) atoms. The third-order valence-corrected chi connectivity index (χ3v) is 6.55. The predicted octanol–water partition coefficient (Wildman–Crippen LogP) is 2.92. The Morgan fingerprint density at radius 2 is 1.50 bits per heavy atom. The van der Waals surface area contributed by atoms with Crippen LogP contribution in [-0.4, -0.2) is 31.2 Å². The quantitative estimate of drug-likeness (QED) is 0.799. The average Bonchev–Trinajstić information content (AvgIpc) is 3.26. The third-order valence-electron chi connectivity index (χ3n) is 4.54. The molecule has 1 saturated heterocycles. The summed E-state index contributed by atoms with van der Waals surface area (Å²) in [4.78, 5) is 11.7. The molecule has 5 nitrogen and oxygen atoms in total. The minimum atomic E-state index is -3.72. The molecule has 2 atom stereocenters. The number of sulfonamides is 1. The van der Waals surface area contributed by atoms with E-state index in [0.717, 1.165) is 16.7 Å². The molecule has 1 aromatic rings. The number of rotatable bonds is 6. The topological polar surface area (TPSA) is 80.2 Å². The van der Waals surface area contributed by atoms with Crippen LogP contribution in [0.3, 0.4) is 0 Å². The lowest BCUT2D eigenvalue weighted by Gasteiger charge is -2.23. The summed E-state index contributed by atoms with van der Waals surface area (Å²) in [5.74, 6) is -0.137. The minimum Gasteiger partial charge on any atom is -0.368 e. The number of nitrogens with two attached hydrogens (primary N) is 1. The molecule has 0 saturated carbocycles. The van der Waals surface area contributed by atoms with E-state index in [9.17, 15) is 13.2 Å². The predicted molar refractivity (Wildman–Crippen MR) is 95.6 cm³/mol. The second kappa shape index (κ2) is 6.48. The second-order valence-corrected chi connectivity index (χ2v) is 9.31. The van der Waals surface area contributed by atoms with Crippen molar-refractivity contribution in [3.63, 3.8) is 0 Å². The van der Waals surface area contributed by atoms with Crippen LogP contribution in [0, 0.1) is 0 Å². The maximum Gasteiger partial charge on any atom is 0.244 e. The van der Waals surface area contributed by atoms with Crippen LogP contribution in [0.25, 0.3) is 0 Å². The molecular formula is C18H28N2O3S. The van der Waals surface area contributed by atoms with Crippen molar-refractivity contribution >= 4 is 15.9 Å². The Hall–Kier alpha value is -1.40. The van der Waals surface area contributed by atoms with E-state index in [4.69, 9.17) is 5.73 Å². The number of carbonyl (C=O) groups is 1. The molecule has 1 heterocycles. The molecule has 2 unspecified atom stereocenters. The Bertz CT molecular complexity index is 723. The number of carbonyl (C=O) groups excluding carboxylic acids is 1. The van der Waals surface area contributed by atoms with Crippen LogP contribution in [-0.2, 0) is 14.8 Å². The van der Waals surface area contributed by atoms with Crippen LogP contribution in [0.2, 0.25) is 0 Å². The van der Waals surface area contributed by atoms with E-state index in [1.54, 1.807) is 0 Å². The molecule has 134 valence electrons. The highest BCUT2D eigenvalue weighted by Gasteiger charge is 2.49. The maximum atomic E-state index is 13.2. The first-order valence-electron chi connectivity index (χ1n) is 8.47. The molecule has 1 amide bonds. The Labute approximate surface area is 145 Å². The number of benzene rings is 1. The van der Waals surface area contributed by atoms with Crippen LogP contribution in [0.5, 0.6) is 0 Å². The van der Waals surface area contributed by atoms with Gasteiger partial charge in [0.15, 0.2) is 0 Å². The zero-order valence-electron chi connectivity index (χ0n) is 15.3. The normalized spacial score (nSPS) is 20.9. The number of hydrogen-bond donors (Lipinski definition) is 1. The van der Waals surface area contributed by atoms with Gasteiger partial charge in [-0.05, 0) is 34.4 Å². The summed E-state index contributed by atoms with van der Waals surface area (Å²) in [6.07, 6.45) is 0. The first-order valence-corrected chi connectivity index (χ1v) is 9.91. The van der Waals surface area contributed by atoms with E-state index in [1.165, 1.54) is 4.31 Å². The van der Waals surface area contributed by atoms with Crippen molar-refractivity contribution in [2.45, 2.75) is 70.2 Å². The van der Waals surface area contributed by atoms with Crippen molar-refractivity contribution in [1.29, 1.82) is 0 Å². The van der Waals surface area contributed by atoms with Gasteiger partial charge in [-0.2, -0.15) is 4.31 Å². The van der Waals surface area contributed by atoms with Crippen LogP contribution >= 0.6 is 0 Å². The van der Waals surface area contributed by atoms with Gasteiger partial charge in [0.1, 0.15) is 6.04 Å². The highest BCUT2D eigenvalue weighted by Crippen LogP contribution is 2.39. The lowest BCUT2D eigenvalue weighted by atomic mass is 9.89. The summed E-state index contributed by atoms with van der Waals surface area (Å²) in [6, 6.07) is 3.29. The van der Waals surface area contributed by atoms with E-state index < -0.39 is 22.0 Å². The molecule has 2 N–H and O–H groups in total. The number of amides is 1. The number of nitrogens with zero attached hydrogens (tertiary/aromatic N) is 1. The van der Waals surface area contributed by atoms with E-state index >= 15 is 0 Å².